The second-order valence-corrected chi connectivity index (χ2v) is 5.37. The average Bonchev–Trinajstić information content (AvgIpc) is 3.06. The van der Waals surface area contributed by atoms with Crippen molar-refractivity contribution in [2.24, 2.45) is 0 Å². The molecule has 3 atom stereocenters. The lowest BCUT2D eigenvalue weighted by atomic mass is 10.1. The zero-order valence-electron chi connectivity index (χ0n) is 11.1. The number of hydrogen-bond donors (Lipinski definition) is 0. The molecule has 112 valence electrons. The topological polar surface area (TPSA) is 46.2 Å². The lowest BCUT2D eigenvalue weighted by Crippen LogP contribution is -2.39. The summed E-state index contributed by atoms with van der Waals surface area (Å²) in [5.41, 5.74) is 1.09. The Hall–Kier alpha value is -1.44. The molecule has 21 heavy (non-hydrogen) atoms. The SMILES string of the molecule is S=C1O[C@@H]([C@H]2COC(=S)O2)[C@H](COCc2ccccc2)O1. The van der Waals surface area contributed by atoms with Crippen molar-refractivity contribution < 1.29 is 23.7 Å². The van der Waals surface area contributed by atoms with Crippen LogP contribution in [0.4, 0.5) is 0 Å². The predicted octanol–water partition coefficient (Wildman–Crippen LogP) is 1.97. The predicted molar refractivity (Wildman–Crippen MR) is 81.9 cm³/mol. The number of ether oxygens (including phenoxy) is 5. The third-order valence-electron chi connectivity index (χ3n) is 3.22. The Balaban J connectivity index is 1.53. The largest absolute Gasteiger partial charge is 0.453 e. The van der Waals surface area contributed by atoms with Crippen LogP contribution < -0.4 is 0 Å². The second-order valence-electron chi connectivity index (χ2n) is 4.71. The van der Waals surface area contributed by atoms with Crippen molar-refractivity contribution in [2.75, 3.05) is 13.2 Å². The van der Waals surface area contributed by atoms with Crippen LogP contribution in [0, 0.1) is 0 Å². The summed E-state index contributed by atoms with van der Waals surface area (Å²) in [4.78, 5) is 0. The van der Waals surface area contributed by atoms with Crippen LogP contribution >= 0.6 is 24.4 Å². The smallest absolute Gasteiger partial charge is 0.353 e. The lowest BCUT2D eigenvalue weighted by Gasteiger charge is -2.19. The molecule has 0 aliphatic carbocycles. The highest BCUT2D eigenvalue weighted by atomic mass is 32.1. The fourth-order valence-electron chi connectivity index (χ4n) is 2.22. The van der Waals surface area contributed by atoms with E-state index in [1.807, 2.05) is 30.3 Å². The van der Waals surface area contributed by atoms with E-state index in [4.69, 9.17) is 48.1 Å². The first-order valence-electron chi connectivity index (χ1n) is 6.55. The standard InChI is InChI=1S/C14H14O5S2/c20-13-16-8-11(17-13)12-10(18-14(21)19-12)7-15-6-9-4-2-1-3-5-9/h1-5,10-12H,6-8H2/t10-,11+,12+/m0/s1. The maximum atomic E-state index is 5.67. The Labute approximate surface area is 133 Å². The number of hydrogen-bond acceptors (Lipinski definition) is 7. The van der Waals surface area contributed by atoms with E-state index in [9.17, 15) is 0 Å². The van der Waals surface area contributed by atoms with Crippen LogP contribution in [0.1, 0.15) is 5.56 Å². The first-order valence-corrected chi connectivity index (χ1v) is 7.36. The van der Waals surface area contributed by atoms with Crippen molar-refractivity contribution >= 4 is 34.9 Å². The summed E-state index contributed by atoms with van der Waals surface area (Å²) in [5, 5.41) is 0.236. The van der Waals surface area contributed by atoms with E-state index in [0.29, 0.717) is 19.8 Å². The van der Waals surface area contributed by atoms with Crippen LogP contribution in [0.5, 0.6) is 0 Å². The molecule has 0 N–H and O–H groups in total. The summed E-state index contributed by atoms with van der Waals surface area (Å²) in [6, 6.07) is 9.90. The van der Waals surface area contributed by atoms with E-state index in [1.165, 1.54) is 0 Å². The Bertz CT molecular complexity index is 521. The molecule has 2 aliphatic heterocycles. The van der Waals surface area contributed by atoms with E-state index >= 15 is 0 Å². The van der Waals surface area contributed by atoms with E-state index in [1.54, 1.807) is 0 Å². The van der Waals surface area contributed by atoms with Gasteiger partial charge in [-0.05, 0) is 5.56 Å². The first kappa shape index (κ1) is 14.5. The molecular weight excluding hydrogens is 312 g/mol. The van der Waals surface area contributed by atoms with Crippen molar-refractivity contribution in [1.29, 1.82) is 0 Å². The van der Waals surface area contributed by atoms with Gasteiger partial charge in [-0.1, -0.05) is 30.3 Å². The van der Waals surface area contributed by atoms with Crippen molar-refractivity contribution in [2.45, 2.75) is 24.9 Å². The highest BCUT2D eigenvalue weighted by molar-refractivity contribution is 7.80. The molecule has 1 aromatic carbocycles. The summed E-state index contributed by atoms with van der Waals surface area (Å²) in [6.07, 6.45) is -1.01. The van der Waals surface area contributed by atoms with Gasteiger partial charge in [0, 0.05) is 24.4 Å². The molecule has 0 amide bonds. The fraction of sp³-hybridized carbons (Fsp3) is 0.429. The van der Waals surface area contributed by atoms with Crippen LogP contribution in [0.15, 0.2) is 30.3 Å². The van der Waals surface area contributed by atoms with E-state index < -0.39 is 0 Å². The molecule has 0 aromatic heterocycles. The fourth-order valence-corrected chi connectivity index (χ4v) is 2.65. The highest BCUT2D eigenvalue weighted by Gasteiger charge is 2.44. The highest BCUT2D eigenvalue weighted by Crippen LogP contribution is 2.24. The molecule has 0 saturated carbocycles. The molecule has 0 radical (unpaired) electrons. The minimum Gasteiger partial charge on any atom is -0.453 e. The van der Waals surface area contributed by atoms with Crippen molar-refractivity contribution in [3.63, 3.8) is 0 Å². The normalized spacial score (nSPS) is 27.7. The van der Waals surface area contributed by atoms with E-state index in [2.05, 4.69) is 0 Å². The summed E-state index contributed by atoms with van der Waals surface area (Å²) in [7, 11) is 0. The monoisotopic (exact) mass is 326 g/mol. The average molecular weight is 326 g/mol. The molecule has 7 heteroatoms. The Morgan fingerprint density at radius 3 is 2.57 bits per heavy atom. The van der Waals surface area contributed by atoms with Gasteiger partial charge >= 0.3 is 10.5 Å². The first-order chi connectivity index (χ1) is 10.2. The molecule has 2 heterocycles. The maximum Gasteiger partial charge on any atom is 0.353 e. The van der Waals surface area contributed by atoms with Crippen molar-refractivity contribution in [3.05, 3.63) is 35.9 Å². The Morgan fingerprint density at radius 2 is 1.86 bits per heavy atom. The van der Waals surface area contributed by atoms with Crippen LogP contribution in [-0.2, 0) is 30.3 Å². The minimum absolute atomic E-state index is 0.106. The number of thiocarbonyl (C=S) groups is 2. The molecule has 0 bridgehead atoms. The molecule has 0 spiro atoms. The van der Waals surface area contributed by atoms with Gasteiger partial charge in [0.1, 0.15) is 6.61 Å². The molecule has 2 saturated heterocycles. The summed E-state index contributed by atoms with van der Waals surface area (Å²) < 4.78 is 27.1. The second kappa shape index (κ2) is 6.55. The van der Waals surface area contributed by atoms with Gasteiger partial charge in [0.05, 0.1) is 13.2 Å². The molecule has 5 nitrogen and oxygen atoms in total. The summed E-state index contributed by atoms with van der Waals surface area (Å²) in [5.74, 6) is 0. The third kappa shape index (κ3) is 3.61. The molecule has 2 fully saturated rings. The number of benzene rings is 1. The molecule has 1 aromatic rings. The van der Waals surface area contributed by atoms with Crippen molar-refractivity contribution in [1.82, 2.24) is 0 Å². The van der Waals surface area contributed by atoms with Gasteiger partial charge in [-0.15, -0.1) is 0 Å². The van der Waals surface area contributed by atoms with Gasteiger partial charge in [0.25, 0.3) is 0 Å². The van der Waals surface area contributed by atoms with Gasteiger partial charge in [-0.25, -0.2) is 0 Å². The zero-order chi connectivity index (χ0) is 14.7. The molecule has 2 aliphatic rings. The van der Waals surface area contributed by atoms with Crippen molar-refractivity contribution in [3.8, 4) is 0 Å². The van der Waals surface area contributed by atoms with Gasteiger partial charge in [0.2, 0.25) is 0 Å². The van der Waals surface area contributed by atoms with Gasteiger partial charge in [0.15, 0.2) is 18.3 Å². The van der Waals surface area contributed by atoms with Gasteiger partial charge in [-0.3, -0.25) is 0 Å². The lowest BCUT2D eigenvalue weighted by molar-refractivity contribution is -0.00969. The van der Waals surface area contributed by atoms with E-state index in [-0.39, 0.29) is 28.8 Å². The van der Waals surface area contributed by atoms with Gasteiger partial charge in [-0.2, -0.15) is 0 Å². The van der Waals surface area contributed by atoms with Crippen LogP contribution in [0.2, 0.25) is 0 Å². The third-order valence-corrected chi connectivity index (χ3v) is 3.63. The minimum atomic E-state index is -0.367. The maximum absolute atomic E-state index is 5.67. The Morgan fingerprint density at radius 1 is 1.05 bits per heavy atom. The van der Waals surface area contributed by atoms with Crippen LogP contribution in [0.25, 0.3) is 0 Å². The molecule has 3 rings (SSSR count). The number of rotatable bonds is 5. The Kier molecular flexibility index (Phi) is 4.52. The van der Waals surface area contributed by atoms with Crippen LogP contribution in [0.3, 0.4) is 0 Å². The van der Waals surface area contributed by atoms with Crippen LogP contribution in [-0.4, -0.2) is 42.0 Å². The van der Waals surface area contributed by atoms with Gasteiger partial charge < -0.3 is 23.7 Å². The molecular formula is C14H14O5S2. The summed E-state index contributed by atoms with van der Waals surface area (Å²) >= 11 is 9.80. The summed E-state index contributed by atoms with van der Waals surface area (Å²) in [6.45, 7) is 1.19. The quantitative estimate of drug-likeness (QED) is 0.767. The molecule has 0 unspecified atom stereocenters. The zero-order valence-corrected chi connectivity index (χ0v) is 12.7. The van der Waals surface area contributed by atoms with E-state index in [0.717, 1.165) is 5.56 Å².